The molecule has 92 heavy (non-hydrogen) atoms. The van der Waals surface area contributed by atoms with E-state index in [4.69, 9.17) is 39.6 Å². The molecule has 2 aliphatic heterocycles. The lowest BCUT2D eigenvalue weighted by Crippen LogP contribution is -2.46. The van der Waals surface area contributed by atoms with Crippen molar-refractivity contribution in [3.05, 3.63) is 111 Å². The van der Waals surface area contributed by atoms with E-state index in [1.807, 2.05) is 31.4 Å². The molecule has 2 fully saturated rings. The number of carbonyl (C=O) groups excluding carboxylic acids is 7. The first-order valence-corrected chi connectivity index (χ1v) is 35.1. The van der Waals surface area contributed by atoms with Gasteiger partial charge in [0.1, 0.15) is 82.2 Å². The van der Waals surface area contributed by atoms with Gasteiger partial charge in [-0.3, -0.25) is 38.5 Å². The zero-order valence-corrected chi connectivity index (χ0v) is 55.7. The molecule has 482 valence electrons. The predicted octanol–water partition coefficient (Wildman–Crippen LogP) is 7.08. The lowest BCUT2D eigenvalue weighted by atomic mass is 9.81. The number of hydrogen-bond donors (Lipinski definition) is 9. The maximum atomic E-state index is 14.4. The summed E-state index contributed by atoms with van der Waals surface area (Å²) in [4.78, 5) is 134. The largest absolute Gasteiger partial charge is 0.386 e. The van der Waals surface area contributed by atoms with Crippen molar-refractivity contribution in [2.24, 2.45) is 17.8 Å². The van der Waals surface area contributed by atoms with Crippen LogP contribution in [-0.2, 0) is 30.5 Å². The minimum atomic E-state index is -1.28. The van der Waals surface area contributed by atoms with E-state index < -0.39 is 60.3 Å². The Morgan fingerprint density at radius 1 is 0.685 bits per heavy atom. The SMILES string of the molecule is CNC(=O)C[C@@H]1NC(=O)c2csc(n2)-c2ccc(-c3nc(NC(=O)[C@H]4CC[C@H](C(=O)NCCN5CCNCC5)CC4)cs3)nc2-c2csc(n2)-c2csc(n2)[C@H]([C@@H](O)c2ccccc2)NC(=O)CNC(=O)c2nc(sc2COC)[C@H](C(C)C)NC(=O)c2nc1sc2C. The van der Waals surface area contributed by atoms with Crippen molar-refractivity contribution in [3.63, 3.8) is 0 Å². The number of nitrogens with zero attached hydrogens (tertiary/aromatic N) is 8. The van der Waals surface area contributed by atoms with Crippen LogP contribution >= 0.6 is 68.0 Å². The number of hydrogen-bond acceptors (Lipinski definition) is 24. The van der Waals surface area contributed by atoms with Gasteiger partial charge in [-0.15, -0.1) is 68.0 Å². The van der Waals surface area contributed by atoms with E-state index in [1.165, 1.54) is 70.8 Å². The molecule has 4 atom stereocenters. The predicted molar refractivity (Wildman–Crippen MR) is 353 cm³/mol. The third-order valence-corrected chi connectivity index (χ3v) is 21.6. The number of aliphatic hydroxyl groups excluding tert-OH is 1. The van der Waals surface area contributed by atoms with Crippen molar-refractivity contribution < 1.29 is 43.4 Å². The van der Waals surface area contributed by atoms with Crippen molar-refractivity contribution >= 4 is 115 Å². The van der Waals surface area contributed by atoms with Gasteiger partial charge in [-0.2, -0.15) is 0 Å². The summed E-state index contributed by atoms with van der Waals surface area (Å²) in [6, 6.07) is 9.61. The van der Waals surface area contributed by atoms with Gasteiger partial charge >= 0.3 is 0 Å². The highest BCUT2D eigenvalue weighted by Gasteiger charge is 2.34. The van der Waals surface area contributed by atoms with Gasteiger partial charge in [0.2, 0.25) is 23.6 Å². The molecule has 7 amide bonds. The summed E-state index contributed by atoms with van der Waals surface area (Å²) in [5, 5.41) is 45.0. The number of rotatable bonds is 14. The number of pyridine rings is 1. The van der Waals surface area contributed by atoms with Gasteiger partial charge in [-0.1, -0.05) is 44.2 Å². The minimum Gasteiger partial charge on any atom is -0.386 e. The van der Waals surface area contributed by atoms with E-state index in [1.54, 1.807) is 53.4 Å². The molecule has 1 saturated carbocycles. The number of aryl methyl sites for hydroxylation is 1. The molecule has 8 aromatic rings. The number of ether oxygens (including phenoxy) is 1. The molecule has 1 aromatic carbocycles. The van der Waals surface area contributed by atoms with E-state index in [2.05, 4.69) is 47.4 Å². The molecule has 7 aromatic heterocycles. The van der Waals surface area contributed by atoms with Crippen LogP contribution in [-0.4, -0.2) is 146 Å². The minimum absolute atomic E-state index is 0.00131. The Morgan fingerprint density at radius 3 is 2.13 bits per heavy atom. The second-order valence-electron chi connectivity index (χ2n) is 22.6. The average Bonchev–Trinajstić information content (AvgIpc) is 1.63. The molecule has 9 heterocycles. The van der Waals surface area contributed by atoms with Crippen LogP contribution < -0.4 is 42.5 Å². The molecule has 1 aliphatic carbocycles. The molecular weight excluding hydrogens is 1290 g/mol. The molecule has 25 nitrogen and oxygen atoms in total. The van der Waals surface area contributed by atoms with E-state index in [0.717, 1.165) is 44.1 Å². The van der Waals surface area contributed by atoms with Crippen LogP contribution in [0.4, 0.5) is 5.82 Å². The fourth-order valence-corrected chi connectivity index (χ4v) is 16.4. The summed E-state index contributed by atoms with van der Waals surface area (Å²) in [5.41, 5.74) is 2.83. The van der Waals surface area contributed by atoms with Gasteiger partial charge < -0.3 is 52.4 Å². The Morgan fingerprint density at radius 2 is 1.38 bits per heavy atom. The Bertz CT molecular complexity index is 3980. The maximum Gasteiger partial charge on any atom is 0.271 e. The highest BCUT2D eigenvalue weighted by Crippen LogP contribution is 2.41. The number of thiazole rings is 6. The smallest absolute Gasteiger partial charge is 0.271 e. The van der Waals surface area contributed by atoms with Gasteiger partial charge in [0.25, 0.3) is 17.7 Å². The standard InChI is InChI=1S/C61H68N16O9S6/c1-30(2)45-61-76-48(41(92-61)25-86-5)54(84)65-24-44(79)73-49(50(80)32-9-7-6-8-10-32)60-70-40(28-89-60)58-68-38(26-88-58)47-35(56-69-39(27-87-56)53(83)67-37(23-43(78)62-4)59-75-46(31(3)91-59)55(85)74-45)15-16-36(66-47)57-72-42(29-90-57)71-52(82)34-13-11-33(12-14-34)51(81)64-19-22-77-20-17-63-18-21-77/h6-10,15-16,26-30,33-34,37,45,49-50,63,80H,11-14,17-25H2,1-5H3,(H,62,78)(H,64,81)(H,65,84)(H,67,83)(H,71,82)(H,73,79)(H,74,85)/t33-,34-,37-,45-,49-,50-/m0/s1. The summed E-state index contributed by atoms with van der Waals surface area (Å²) in [6.45, 7) is 10.2. The first-order chi connectivity index (χ1) is 44.5. The topological polar surface area (TPSA) is 339 Å². The molecular formula is C61H68N16O9S6. The Balaban J connectivity index is 0.903. The number of nitrogens with one attached hydrogen (secondary N) is 8. The number of aliphatic hydroxyl groups is 1. The molecule has 0 unspecified atom stereocenters. The number of anilines is 1. The van der Waals surface area contributed by atoms with E-state index >= 15 is 0 Å². The van der Waals surface area contributed by atoms with Gasteiger partial charge in [0.05, 0.1) is 42.2 Å². The van der Waals surface area contributed by atoms with Gasteiger partial charge in [-0.05, 0) is 56.2 Å². The van der Waals surface area contributed by atoms with Crippen LogP contribution in [0.2, 0.25) is 0 Å². The summed E-state index contributed by atoms with van der Waals surface area (Å²) >= 11 is 7.28. The third-order valence-electron chi connectivity index (χ3n) is 15.9. The maximum absolute atomic E-state index is 14.4. The second-order valence-corrected chi connectivity index (χ2v) is 28.4. The van der Waals surface area contributed by atoms with Gasteiger partial charge in [0.15, 0.2) is 0 Å². The quantitative estimate of drug-likeness (QED) is 0.0525. The first kappa shape index (κ1) is 65.8. The third kappa shape index (κ3) is 15.5. The Kier molecular flexibility index (Phi) is 21.4. The second kappa shape index (κ2) is 29.9. The van der Waals surface area contributed by atoms with E-state index in [-0.39, 0.29) is 59.7 Å². The van der Waals surface area contributed by atoms with Crippen molar-refractivity contribution in [2.45, 2.75) is 83.7 Å². The normalized spacial score (nSPS) is 19.7. The van der Waals surface area contributed by atoms with Crippen molar-refractivity contribution in [1.82, 2.24) is 77.0 Å². The molecule has 0 radical (unpaired) electrons. The van der Waals surface area contributed by atoms with Crippen molar-refractivity contribution in [2.75, 3.05) is 65.3 Å². The molecule has 9 N–H and O–H groups in total. The highest BCUT2D eigenvalue weighted by molar-refractivity contribution is 7.15. The van der Waals surface area contributed by atoms with Crippen molar-refractivity contribution in [1.29, 1.82) is 0 Å². The zero-order valence-electron chi connectivity index (χ0n) is 50.8. The fraction of sp³-hybridized carbons (Fsp3) is 0.410. The molecule has 0 spiro atoms. The number of benzene rings is 1. The average molecular weight is 1360 g/mol. The summed E-state index contributed by atoms with van der Waals surface area (Å²) in [7, 11) is 2.95. The van der Waals surface area contributed by atoms with Crippen LogP contribution in [0, 0.1) is 24.7 Å². The lowest BCUT2D eigenvalue weighted by Gasteiger charge is -2.29. The Labute approximate surface area is 553 Å². The first-order valence-electron chi connectivity index (χ1n) is 30.0. The number of fused-ring (bicyclic) bond motifs is 14. The summed E-state index contributed by atoms with van der Waals surface area (Å²) in [5.74, 6) is -3.29. The number of amides is 7. The van der Waals surface area contributed by atoms with Crippen molar-refractivity contribution in [3.8, 4) is 43.4 Å². The van der Waals surface area contributed by atoms with Gasteiger partial charge in [0, 0.05) is 97.2 Å². The number of piperazine rings is 1. The van der Waals surface area contributed by atoms with Gasteiger partial charge in [-0.25, -0.2) is 34.9 Å². The van der Waals surface area contributed by atoms with Crippen LogP contribution in [0.25, 0.3) is 43.4 Å². The fourth-order valence-electron chi connectivity index (χ4n) is 10.9. The van der Waals surface area contributed by atoms with Crippen LogP contribution in [0.15, 0.2) is 64.0 Å². The van der Waals surface area contributed by atoms with Crippen LogP contribution in [0.5, 0.6) is 0 Å². The monoisotopic (exact) mass is 1360 g/mol. The number of aromatic nitrogens is 7. The Hall–Kier alpha value is -7.72. The molecule has 31 heteroatoms. The highest BCUT2D eigenvalue weighted by atomic mass is 32.1. The molecule has 1 saturated heterocycles. The molecule has 3 aliphatic rings. The van der Waals surface area contributed by atoms with E-state index in [0.29, 0.717) is 112 Å². The molecule has 10 bridgehead atoms. The summed E-state index contributed by atoms with van der Waals surface area (Å²) < 4.78 is 5.47. The molecule has 11 rings (SSSR count). The number of methoxy groups -OCH3 is 1. The van der Waals surface area contributed by atoms with Crippen LogP contribution in [0.3, 0.4) is 0 Å². The number of carbonyl (C=O) groups is 7. The lowest BCUT2D eigenvalue weighted by molar-refractivity contribution is -0.128. The van der Waals surface area contributed by atoms with Crippen LogP contribution in [0.1, 0.15) is 132 Å². The summed E-state index contributed by atoms with van der Waals surface area (Å²) in [6.07, 6.45) is 0.886. The van der Waals surface area contributed by atoms with E-state index in [9.17, 15) is 38.7 Å². The zero-order chi connectivity index (χ0) is 64.6.